The van der Waals surface area contributed by atoms with Crippen molar-refractivity contribution in [2.24, 2.45) is 0 Å². The van der Waals surface area contributed by atoms with E-state index >= 15 is 0 Å². The Morgan fingerprint density at radius 2 is 1.70 bits per heavy atom. The van der Waals surface area contributed by atoms with E-state index < -0.39 is 35.6 Å². The van der Waals surface area contributed by atoms with Crippen molar-refractivity contribution < 1.29 is 19.1 Å². The van der Waals surface area contributed by atoms with Crippen LogP contribution in [0.4, 0.5) is 10.5 Å². The summed E-state index contributed by atoms with van der Waals surface area (Å²) in [6, 6.07) is 9.32. The fourth-order valence-corrected chi connectivity index (χ4v) is 4.76. The largest absolute Gasteiger partial charge is 0.444 e. The second-order valence-corrected chi connectivity index (χ2v) is 11.6. The van der Waals surface area contributed by atoms with Crippen LogP contribution in [0.3, 0.4) is 0 Å². The van der Waals surface area contributed by atoms with Gasteiger partial charge in [0.25, 0.3) is 5.91 Å². The van der Waals surface area contributed by atoms with Gasteiger partial charge in [0.05, 0.1) is 10.7 Å². The third-order valence-electron chi connectivity index (χ3n) is 5.61. The van der Waals surface area contributed by atoms with Gasteiger partial charge in [-0.2, -0.15) is 11.8 Å². The molecule has 2 aromatic rings. The van der Waals surface area contributed by atoms with Crippen molar-refractivity contribution >= 4 is 47.0 Å². The van der Waals surface area contributed by atoms with Gasteiger partial charge in [-0.1, -0.05) is 53.1 Å². The van der Waals surface area contributed by atoms with Crippen molar-refractivity contribution in [2.75, 3.05) is 24.4 Å². The first-order chi connectivity index (χ1) is 17.2. The Kier molecular flexibility index (Phi) is 10.9. The number of anilines is 1. The number of benzene rings is 2. The van der Waals surface area contributed by atoms with E-state index in [-0.39, 0.29) is 0 Å². The Bertz CT molecular complexity index is 1090. The maximum atomic E-state index is 13.8. The van der Waals surface area contributed by atoms with Crippen LogP contribution in [-0.4, -0.2) is 53.5 Å². The second kappa shape index (κ2) is 13.2. The third-order valence-corrected chi connectivity index (χ3v) is 6.57. The molecule has 0 heterocycles. The Hall–Kier alpha value is -2.71. The number of thioether (sulfide) groups is 1. The highest BCUT2D eigenvalue weighted by Crippen LogP contribution is 2.29. The quantitative estimate of drug-likeness (QED) is 0.399. The lowest BCUT2D eigenvalue weighted by atomic mass is 9.98. The van der Waals surface area contributed by atoms with Gasteiger partial charge in [-0.05, 0) is 77.2 Å². The van der Waals surface area contributed by atoms with Gasteiger partial charge in [0, 0.05) is 7.05 Å². The fourth-order valence-electron chi connectivity index (χ4n) is 4.02. The number of amides is 3. The number of para-hydroxylation sites is 1. The van der Waals surface area contributed by atoms with Crippen molar-refractivity contribution in [1.29, 1.82) is 0 Å². The SMILES string of the molecule is CSCCC(NC(=O)OC(C)(C)C)C(=O)N(C)C(C(=O)Nc1c(C)cccc1Cl)c1cc(C)cc(C)c1. The van der Waals surface area contributed by atoms with E-state index in [9.17, 15) is 14.4 Å². The molecule has 2 rings (SSSR count). The summed E-state index contributed by atoms with van der Waals surface area (Å²) in [4.78, 5) is 41.4. The fraction of sp³-hybridized carbons (Fsp3) is 0.464. The van der Waals surface area contributed by atoms with Crippen LogP contribution in [-0.2, 0) is 14.3 Å². The average molecular weight is 548 g/mol. The number of halogens is 1. The van der Waals surface area contributed by atoms with Crippen LogP contribution in [0, 0.1) is 20.8 Å². The number of ether oxygens (including phenoxy) is 1. The molecule has 9 heteroatoms. The minimum Gasteiger partial charge on any atom is -0.444 e. The van der Waals surface area contributed by atoms with Crippen LogP contribution in [0.25, 0.3) is 0 Å². The average Bonchev–Trinajstić information content (AvgIpc) is 2.77. The lowest BCUT2D eigenvalue weighted by molar-refractivity contribution is -0.139. The summed E-state index contributed by atoms with van der Waals surface area (Å²) < 4.78 is 5.39. The lowest BCUT2D eigenvalue weighted by Gasteiger charge is -2.32. The highest BCUT2D eigenvalue weighted by Gasteiger charge is 2.34. The normalized spacial score (nSPS) is 12.9. The summed E-state index contributed by atoms with van der Waals surface area (Å²) >= 11 is 7.94. The van der Waals surface area contributed by atoms with Gasteiger partial charge in [0.1, 0.15) is 17.7 Å². The molecule has 7 nitrogen and oxygen atoms in total. The smallest absolute Gasteiger partial charge is 0.408 e. The molecule has 202 valence electrons. The minimum absolute atomic E-state index is 0.383. The zero-order valence-corrected chi connectivity index (χ0v) is 24.5. The van der Waals surface area contributed by atoms with Gasteiger partial charge < -0.3 is 20.3 Å². The summed E-state index contributed by atoms with van der Waals surface area (Å²) in [5.74, 6) is -0.160. The lowest BCUT2D eigenvalue weighted by Crippen LogP contribution is -2.51. The van der Waals surface area contributed by atoms with Crippen LogP contribution >= 0.6 is 23.4 Å². The highest BCUT2D eigenvalue weighted by molar-refractivity contribution is 7.98. The van der Waals surface area contributed by atoms with Crippen LogP contribution in [0.15, 0.2) is 36.4 Å². The number of nitrogens with zero attached hydrogens (tertiary/aromatic N) is 1. The number of carbonyl (C=O) groups is 3. The van der Waals surface area contributed by atoms with Gasteiger partial charge >= 0.3 is 6.09 Å². The molecule has 0 fully saturated rings. The van der Waals surface area contributed by atoms with E-state index in [4.69, 9.17) is 16.3 Å². The van der Waals surface area contributed by atoms with Crippen molar-refractivity contribution in [1.82, 2.24) is 10.2 Å². The maximum absolute atomic E-state index is 13.8. The minimum atomic E-state index is -0.959. The molecule has 0 aliphatic heterocycles. The van der Waals surface area contributed by atoms with E-state index in [1.165, 1.54) is 4.90 Å². The Balaban J connectivity index is 2.46. The predicted octanol–water partition coefficient (Wildman–Crippen LogP) is 6.05. The topological polar surface area (TPSA) is 87.7 Å². The summed E-state index contributed by atoms with van der Waals surface area (Å²) in [6.07, 6.45) is 1.63. The standard InChI is InChI=1S/C28H38ClN3O4S/c1-17-14-18(2)16-20(15-17)24(25(33)31-23-19(3)10-9-11-21(23)29)32(7)26(34)22(12-13-37-8)30-27(35)36-28(4,5)6/h9-11,14-16,22,24H,12-13H2,1-8H3,(H,30,35)(H,31,33). The number of hydrogen-bond acceptors (Lipinski definition) is 5. The molecular weight excluding hydrogens is 510 g/mol. The van der Waals surface area contributed by atoms with Crippen molar-refractivity contribution in [3.63, 3.8) is 0 Å². The van der Waals surface area contributed by atoms with Gasteiger partial charge in [-0.3, -0.25) is 9.59 Å². The molecule has 0 saturated heterocycles. The molecule has 2 unspecified atom stereocenters. The van der Waals surface area contributed by atoms with Crippen molar-refractivity contribution in [3.05, 3.63) is 63.7 Å². The zero-order chi connectivity index (χ0) is 27.9. The molecular formula is C28H38ClN3O4S. The number of carbonyl (C=O) groups excluding carboxylic acids is 3. The van der Waals surface area contributed by atoms with E-state index in [1.54, 1.807) is 45.6 Å². The van der Waals surface area contributed by atoms with Gasteiger partial charge in [-0.25, -0.2) is 4.79 Å². The second-order valence-electron chi connectivity index (χ2n) is 10.2. The van der Waals surface area contributed by atoms with Crippen LogP contribution in [0.5, 0.6) is 0 Å². The molecule has 3 amide bonds. The summed E-state index contributed by atoms with van der Waals surface area (Å²) in [7, 11) is 1.58. The van der Waals surface area contributed by atoms with E-state index in [2.05, 4.69) is 10.6 Å². The highest BCUT2D eigenvalue weighted by atomic mass is 35.5. The molecule has 37 heavy (non-hydrogen) atoms. The van der Waals surface area contributed by atoms with E-state index in [1.807, 2.05) is 57.4 Å². The van der Waals surface area contributed by atoms with Gasteiger partial charge in [0.2, 0.25) is 5.91 Å². The number of nitrogens with one attached hydrogen (secondary N) is 2. The Labute approximate surface area is 229 Å². The maximum Gasteiger partial charge on any atom is 0.408 e. The molecule has 2 N–H and O–H groups in total. The molecule has 0 aliphatic carbocycles. The number of alkyl carbamates (subject to hydrolysis) is 1. The predicted molar refractivity (Wildman–Crippen MR) is 152 cm³/mol. The Morgan fingerprint density at radius 3 is 2.24 bits per heavy atom. The van der Waals surface area contributed by atoms with E-state index in [0.29, 0.717) is 28.4 Å². The molecule has 0 aliphatic rings. The number of hydrogen-bond donors (Lipinski definition) is 2. The van der Waals surface area contributed by atoms with E-state index in [0.717, 1.165) is 16.7 Å². The van der Waals surface area contributed by atoms with Gasteiger partial charge in [-0.15, -0.1) is 0 Å². The summed E-state index contributed by atoms with van der Waals surface area (Å²) in [5.41, 5.74) is 3.18. The first-order valence-corrected chi connectivity index (χ1v) is 13.9. The van der Waals surface area contributed by atoms with Crippen LogP contribution in [0.1, 0.15) is 55.5 Å². The molecule has 0 bridgehead atoms. The Morgan fingerprint density at radius 1 is 1.08 bits per heavy atom. The molecule has 0 radical (unpaired) electrons. The molecule has 0 aromatic heterocycles. The van der Waals surface area contributed by atoms with Crippen molar-refractivity contribution in [3.8, 4) is 0 Å². The zero-order valence-electron chi connectivity index (χ0n) is 22.9. The van der Waals surface area contributed by atoms with Gasteiger partial charge in [0.15, 0.2) is 0 Å². The third kappa shape index (κ3) is 8.97. The number of rotatable bonds is 9. The summed E-state index contributed by atoms with van der Waals surface area (Å²) in [6.45, 7) is 11.0. The number of aryl methyl sites for hydroxylation is 3. The molecule has 2 aromatic carbocycles. The molecule has 0 spiro atoms. The molecule has 2 atom stereocenters. The van der Waals surface area contributed by atoms with Crippen LogP contribution < -0.4 is 10.6 Å². The van der Waals surface area contributed by atoms with Crippen molar-refractivity contribution in [2.45, 2.75) is 65.6 Å². The first-order valence-electron chi connectivity index (χ1n) is 12.1. The molecule has 0 saturated carbocycles. The summed E-state index contributed by atoms with van der Waals surface area (Å²) in [5, 5.41) is 6.04. The first kappa shape index (κ1) is 30.5. The van der Waals surface area contributed by atoms with Crippen LogP contribution in [0.2, 0.25) is 5.02 Å². The number of likely N-dealkylation sites (N-methyl/N-ethyl adjacent to an activating group) is 1. The monoisotopic (exact) mass is 547 g/mol.